The monoisotopic (exact) mass is 210 g/mol. The topological polar surface area (TPSA) is 69.1 Å². The molecule has 1 amide bonds. The van der Waals surface area contributed by atoms with Gasteiger partial charge in [-0.05, 0) is 24.3 Å². The standard InChI is InChI=1S/C10H14N2OS/c1-14-9-5-3-2-4-7(9)6-8(11)10(12)13/h2-5,8H,6,11H2,1H3,(H2,12,13). The first-order valence-electron chi connectivity index (χ1n) is 4.32. The summed E-state index contributed by atoms with van der Waals surface area (Å²) in [5, 5.41) is 0. The number of hydrogen-bond donors (Lipinski definition) is 2. The van der Waals surface area contributed by atoms with Crippen molar-refractivity contribution in [2.24, 2.45) is 11.5 Å². The van der Waals surface area contributed by atoms with Crippen LogP contribution in [0.1, 0.15) is 5.56 Å². The molecule has 1 atom stereocenters. The van der Waals surface area contributed by atoms with E-state index < -0.39 is 11.9 Å². The van der Waals surface area contributed by atoms with Gasteiger partial charge in [0.25, 0.3) is 0 Å². The molecule has 0 saturated carbocycles. The maximum atomic E-state index is 10.8. The van der Waals surface area contributed by atoms with E-state index >= 15 is 0 Å². The molecule has 1 rings (SSSR count). The third-order valence-corrected chi connectivity index (χ3v) is 2.84. The van der Waals surface area contributed by atoms with Crippen molar-refractivity contribution in [2.75, 3.05) is 6.26 Å². The van der Waals surface area contributed by atoms with Gasteiger partial charge < -0.3 is 11.5 Å². The normalized spacial score (nSPS) is 12.4. The van der Waals surface area contributed by atoms with E-state index in [2.05, 4.69) is 0 Å². The van der Waals surface area contributed by atoms with Crippen LogP contribution in [0, 0.1) is 0 Å². The molecule has 0 heterocycles. The summed E-state index contributed by atoms with van der Waals surface area (Å²) in [5.74, 6) is -0.457. The summed E-state index contributed by atoms with van der Waals surface area (Å²) in [7, 11) is 0. The third kappa shape index (κ3) is 2.75. The molecule has 0 radical (unpaired) electrons. The summed E-state index contributed by atoms with van der Waals surface area (Å²) in [6.07, 6.45) is 2.50. The first-order chi connectivity index (χ1) is 6.65. The molecule has 4 N–H and O–H groups in total. The largest absolute Gasteiger partial charge is 0.368 e. The van der Waals surface area contributed by atoms with E-state index in [-0.39, 0.29) is 0 Å². The zero-order chi connectivity index (χ0) is 10.6. The number of carbonyl (C=O) groups is 1. The molecule has 1 aromatic carbocycles. The van der Waals surface area contributed by atoms with Gasteiger partial charge in [-0.25, -0.2) is 0 Å². The number of nitrogens with two attached hydrogens (primary N) is 2. The minimum Gasteiger partial charge on any atom is -0.368 e. The molecule has 76 valence electrons. The number of thioether (sulfide) groups is 1. The molecule has 0 saturated heterocycles. The van der Waals surface area contributed by atoms with E-state index in [4.69, 9.17) is 11.5 Å². The second-order valence-corrected chi connectivity index (χ2v) is 3.87. The highest BCUT2D eigenvalue weighted by atomic mass is 32.2. The van der Waals surface area contributed by atoms with Gasteiger partial charge in [0.2, 0.25) is 5.91 Å². The molecule has 0 aliphatic carbocycles. The SMILES string of the molecule is CSc1ccccc1CC(N)C(N)=O. The van der Waals surface area contributed by atoms with Crippen molar-refractivity contribution in [3.05, 3.63) is 29.8 Å². The number of amides is 1. The van der Waals surface area contributed by atoms with Crippen molar-refractivity contribution in [3.8, 4) is 0 Å². The summed E-state index contributed by atoms with van der Waals surface area (Å²) in [6, 6.07) is 7.28. The van der Waals surface area contributed by atoms with E-state index in [9.17, 15) is 4.79 Å². The van der Waals surface area contributed by atoms with Gasteiger partial charge in [-0.2, -0.15) is 0 Å². The average molecular weight is 210 g/mol. The zero-order valence-electron chi connectivity index (χ0n) is 8.07. The highest BCUT2D eigenvalue weighted by Crippen LogP contribution is 2.20. The summed E-state index contributed by atoms with van der Waals surface area (Å²) in [6.45, 7) is 0. The van der Waals surface area contributed by atoms with E-state index in [1.807, 2.05) is 30.5 Å². The van der Waals surface area contributed by atoms with E-state index in [0.29, 0.717) is 6.42 Å². The van der Waals surface area contributed by atoms with Crippen LogP contribution in [-0.2, 0) is 11.2 Å². The van der Waals surface area contributed by atoms with E-state index in [1.165, 1.54) is 0 Å². The molecule has 0 aliphatic rings. The van der Waals surface area contributed by atoms with Gasteiger partial charge in [0.1, 0.15) is 0 Å². The van der Waals surface area contributed by atoms with Crippen molar-refractivity contribution in [1.29, 1.82) is 0 Å². The van der Waals surface area contributed by atoms with Crippen LogP contribution in [0.4, 0.5) is 0 Å². The lowest BCUT2D eigenvalue weighted by Crippen LogP contribution is -2.38. The molecule has 3 nitrogen and oxygen atoms in total. The molecule has 0 aromatic heterocycles. The van der Waals surface area contributed by atoms with Crippen molar-refractivity contribution in [2.45, 2.75) is 17.4 Å². The van der Waals surface area contributed by atoms with Crippen LogP contribution in [0.3, 0.4) is 0 Å². The van der Waals surface area contributed by atoms with Gasteiger partial charge in [-0.15, -0.1) is 11.8 Å². The smallest absolute Gasteiger partial charge is 0.234 e. The Labute approximate surface area is 87.9 Å². The van der Waals surface area contributed by atoms with Crippen molar-refractivity contribution >= 4 is 17.7 Å². The molecule has 0 spiro atoms. The van der Waals surface area contributed by atoms with Gasteiger partial charge in [0.15, 0.2) is 0 Å². The lowest BCUT2D eigenvalue weighted by molar-refractivity contribution is -0.119. The second kappa shape index (κ2) is 5.02. The summed E-state index contributed by atoms with van der Waals surface area (Å²) in [5.41, 5.74) is 11.8. The Morgan fingerprint density at radius 3 is 2.71 bits per heavy atom. The van der Waals surface area contributed by atoms with Crippen LogP contribution >= 0.6 is 11.8 Å². The summed E-state index contributed by atoms with van der Waals surface area (Å²) < 4.78 is 0. The van der Waals surface area contributed by atoms with Gasteiger partial charge in [-0.1, -0.05) is 18.2 Å². The first kappa shape index (κ1) is 11.1. The van der Waals surface area contributed by atoms with Crippen LogP contribution in [0.15, 0.2) is 29.2 Å². The molecule has 14 heavy (non-hydrogen) atoms. The molecule has 1 aromatic rings. The predicted molar refractivity (Wildman–Crippen MR) is 59.1 cm³/mol. The van der Waals surface area contributed by atoms with Gasteiger partial charge in [-0.3, -0.25) is 4.79 Å². The Balaban J connectivity index is 2.80. The van der Waals surface area contributed by atoms with Gasteiger partial charge in [0, 0.05) is 4.90 Å². The number of primary amides is 1. The van der Waals surface area contributed by atoms with Crippen LogP contribution in [-0.4, -0.2) is 18.2 Å². The second-order valence-electron chi connectivity index (χ2n) is 3.02. The number of rotatable bonds is 4. The van der Waals surface area contributed by atoms with Crippen molar-refractivity contribution in [1.82, 2.24) is 0 Å². The highest BCUT2D eigenvalue weighted by Gasteiger charge is 2.11. The molecule has 0 fully saturated rings. The lowest BCUT2D eigenvalue weighted by Gasteiger charge is -2.10. The minimum atomic E-state index is -0.594. The van der Waals surface area contributed by atoms with Crippen LogP contribution in [0.5, 0.6) is 0 Å². The zero-order valence-corrected chi connectivity index (χ0v) is 8.88. The Bertz CT molecular complexity index is 328. The Hall–Kier alpha value is -1.00. The molecule has 4 heteroatoms. The van der Waals surface area contributed by atoms with Crippen LogP contribution < -0.4 is 11.5 Å². The quantitative estimate of drug-likeness (QED) is 0.721. The van der Waals surface area contributed by atoms with Gasteiger partial charge in [0.05, 0.1) is 6.04 Å². The van der Waals surface area contributed by atoms with Gasteiger partial charge >= 0.3 is 0 Å². The fraction of sp³-hybridized carbons (Fsp3) is 0.300. The number of carbonyl (C=O) groups excluding carboxylic acids is 1. The molecular weight excluding hydrogens is 196 g/mol. The van der Waals surface area contributed by atoms with Crippen LogP contribution in [0.25, 0.3) is 0 Å². The number of benzene rings is 1. The van der Waals surface area contributed by atoms with E-state index in [1.54, 1.807) is 11.8 Å². The summed E-state index contributed by atoms with van der Waals surface area (Å²) in [4.78, 5) is 11.9. The maximum Gasteiger partial charge on any atom is 0.234 e. The fourth-order valence-electron chi connectivity index (χ4n) is 1.21. The Morgan fingerprint density at radius 2 is 2.14 bits per heavy atom. The average Bonchev–Trinajstić information content (AvgIpc) is 2.18. The third-order valence-electron chi connectivity index (χ3n) is 2.00. The predicted octanol–water partition coefficient (Wildman–Crippen LogP) is 0.764. The van der Waals surface area contributed by atoms with Crippen molar-refractivity contribution in [3.63, 3.8) is 0 Å². The van der Waals surface area contributed by atoms with Crippen LogP contribution in [0.2, 0.25) is 0 Å². The highest BCUT2D eigenvalue weighted by molar-refractivity contribution is 7.98. The fourth-order valence-corrected chi connectivity index (χ4v) is 1.84. The molecular formula is C10H14N2OS. The minimum absolute atomic E-state index is 0.457. The lowest BCUT2D eigenvalue weighted by atomic mass is 10.1. The first-order valence-corrected chi connectivity index (χ1v) is 5.54. The molecule has 0 bridgehead atoms. The van der Waals surface area contributed by atoms with E-state index in [0.717, 1.165) is 10.5 Å². The maximum absolute atomic E-state index is 10.8. The molecule has 1 unspecified atom stereocenters. The summed E-state index contributed by atoms with van der Waals surface area (Å²) >= 11 is 1.64. The number of hydrogen-bond acceptors (Lipinski definition) is 3. The van der Waals surface area contributed by atoms with Crippen molar-refractivity contribution < 1.29 is 4.79 Å². The Morgan fingerprint density at radius 1 is 1.50 bits per heavy atom. The molecule has 0 aliphatic heterocycles. The Kier molecular flexibility index (Phi) is 3.98.